The molecule has 0 saturated heterocycles. The number of rotatable bonds is 3. The monoisotopic (exact) mass is 273 g/mol. The first-order valence-electron chi connectivity index (χ1n) is 5.97. The molecule has 2 rings (SSSR count). The van der Waals surface area contributed by atoms with Gasteiger partial charge in [-0.05, 0) is 17.7 Å². The molecule has 1 aromatic carbocycles. The SMILES string of the molecule is COc1ccc(C2NC(C#N)=CN(C)C2=O)cc1OC. The Morgan fingerprint density at radius 1 is 1.30 bits per heavy atom. The van der Waals surface area contributed by atoms with Crippen LogP contribution in [0.15, 0.2) is 30.1 Å². The number of nitriles is 1. The number of carbonyl (C=O) groups is 1. The van der Waals surface area contributed by atoms with Gasteiger partial charge in [-0.1, -0.05) is 6.07 Å². The van der Waals surface area contributed by atoms with Crippen molar-refractivity contribution in [2.45, 2.75) is 6.04 Å². The van der Waals surface area contributed by atoms with E-state index in [1.54, 1.807) is 32.4 Å². The second-order valence-corrected chi connectivity index (χ2v) is 4.30. The van der Waals surface area contributed by atoms with E-state index in [0.29, 0.717) is 22.8 Å². The Bertz CT molecular complexity index is 604. The lowest BCUT2D eigenvalue weighted by Crippen LogP contribution is -2.40. The van der Waals surface area contributed by atoms with Crippen LogP contribution in [0.3, 0.4) is 0 Å². The zero-order valence-electron chi connectivity index (χ0n) is 11.5. The first kappa shape index (κ1) is 13.7. The fraction of sp³-hybridized carbons (Fsp3) is 0.286. The van der Waals surface area contributed by atoms with Gasteiger partial charge in [0, 0.05) is 13.2 Å². The number of hydrogen-bond donors (Lipinski definition) is 1. The Hall–Kier alpha value is -2.68. The van der Waals surface area contributed by atoms with Crippen LogP contribution >= 0.6 is 0 Å². The smallest absolute Gasteiger partial charge is 0.253 e. The summed E-state index contributed by atoms with van der Waals surface area (Å²) in [4.78, 5) is 13.6. The van der Waals surface area contributed by atoms with E-state index in [9.17, 15) is 4.79 Å². The second-order valence-electron chi connectivity index (χ2n) is 4.30. The number of amides is 1. The van der Waals surface area contributed by atoms with Crippen molar-refractivity contribution in [3.05, 3.63) is 35.7 Å². The third-order valence-corrected chi connectivity index (χ3v) is 3.08. The van der Waals surface area contributed by atoms with Crippen molar-refractivity contribution < 1.29 is 14.3 Å². The Kier molecular flexibility index (Phi) is 3.80. The molecule has 0 radical (unpaired) electrons. The molecular weight excluding hydrogens is 258 g/mol. The summed E-state index contributed by atoms with van der Waals surface area (Å²) < 4.78 is 10.4. The van der Waals surface area contributed by atoms with Crippen LogP contribution < -0.4 is 14.8 Å². The molecule has 1 heterocycles. The van der Waals surface area contributed by atoms with Crippen molar-refractivity contribution in [3.63, 3.8) is 0 Å². The van der Waals surface area contributed by atoms with E-state index in [1.165, 1.54) is 18.2 Å². The third-order valence-electron chi connectivity index (χ3n) is 3.08. The molecule has 1 aliphatic rings. The number of allylic oxidation sites excluding steroid dienone is 1. The Morgan fingerprint density at radius 2 is 2.00 bits per heavy atom. The van der Waals surface area contributed by atoms with Crippen LogP contribution in [0.2, 0.25) is 0 Å². The Balaban J connectivity index is 2.39. The molecule has 0 aromatic heterocycles. The molecule has 0 bridgehead atoms. The summed E-state index contributed by atoms with van der Waals surface area (Å²) in [6, 6.07) is 6.62. The summed E-state index contributed by atoms with van der Waals surface area (Å²) in [6.07, 6.45) is 1.47. The van der Waals surface area contributed by atoms with Gasteiger partial charge in [-0.2, -0.15) is 5.26 Å². The quantitative estimate of drug-likeness (QED) is 0.894. The molecule has 1 atom stereocenters. The van der Waals surface area contributed by atoms with Crippen molar-refractivity contribution in [2.75, 3.05) is 21.3 Å². The van der Waals surface area contributed by atoms with Crippen LogP contribution in [-0.4, -0.2) is 32.1 Å². The fourth-order valence-corrected chi connectivity index (χ4v) is 2.03. The minimum Gasteiger partial charge on any atom is -0.493 e. The highest BCUT2D eigenvalue weighted by molar-refractivity contribution is 5.85. The summed E-state index contributed by atoms with van der Waals surface area (Å²) in [5.41, 5.74) is 1.05. The number of nitrogens with one attached hydrogen (secondary N) is 1. The predicted octanol–water partition coefficient (Wildman–Crippen LogP) is 1.17. The highest BCUT2D eigenvalue weighted by atomic mass is 16.5. The van der Waals surface area contributed by atoms with Gasteiger partial charge >= 0.3 is 0 Å². The van der Waals surface area contributed by atoms with Gasteiger partial charge in [0.1, 0.15) is 17.8 Å². The molecule has 104 valence electrons. The standard InChI is InChI=1S/C14H15N3O3/c1-17-8-10(7-15)16-13(14(17)18)9-4-5-11(19-2)12(6-9)20-3/h4-6,8,13,16H,1-3H3. The molecule has 1 aromatic rings. The minimum absolute atomic E-state index is 0.142. The molecule has 0 saturated carbocycles. The highest BCUT2D eigenvalue weighted by Crippen LogP contribution is 2.31. The number of carbonyl (C=O) groups excluding carboxylic acids is 1. The maximum Gasteiger partial charge on any atom is 0.253 e. The topological polar surface area (TPSA) is 74.6 Å². The Morgan fingerprint density at radius 3 is 2.60 bits per heavy atom. The summed E-state index contributed by atoms with van der Waals surface area (Å²) in [6.45, 7) is 0. The molecule has 20 heavy (non-hydrogen) atoms. The zero-order valence-corrected chi connectivity index (χ0v) is 11.5. The van der Waals surface area contributed by atoms with Crippen LogP contribution in [0.25, 0.3) is 0 Å². The first-order chi connectivity index (χ1) is 9.60. The van der Waals surface area contributed by atoms with Crippen LogP contribution in [0.4, 0.5) is 0 Å². The maximum absolute atomic E-state index is 12.2. The van der Waals surface area contributed by atoms with Crippen LogP contribution in [0.5, 0.6) is 11.5 Å². The fourth-order valence-electron chi connectivity index (χ4n) is 2.03. The van der Waals surface area contributed by atoms with Gasteiger partial charge < -0.3 is 19.7 Å². The van der Waals surface area contributed by atoms with E-state index < -0.39 is 6.04 Å². The average molecular weight is 273 g/mol. The van der Waals surface area contributed by atoms with E-state index in [-0.39, 0.29) is 5.91 Å². The van der Waals surface area contributed by atoms with Crippen molar-refractivity contribution >= 4 is 5.91 Å². The lowest BCUT2D eigenvalue weighted by molar-refractivity contribution is -0.130. The Labute approximate surface area is 117 Å². The van der Waals surface area contributed by atoms with Crippen LogP contribution in [-0.2, 0) is 4.79 Å². The van der Waals surface area contributed by atoms with E-state index in [2.05, 4.69) is 5.32 Å². The van der Waals surface area contributed by atoms with E-state index in [4.69, 9.17) is 14.7 Å². The van der Waals surface area contributed by atoms with Gasteiger partial charge in [0.2, 0.25) is 0 Å². The lowest BCUT2D eigenvalue weighted by atomic mass is 10.0. The number of ether oxygens (including phenoxy) is 2. The van der Waals surface area contributed by atoms with Crippen molar-refractivity contribution in [3.8, 4) is 17.6 Å². The number of likely N-dealkylation sites (N-methyl/N-ethyl adjacent to an activating group) is 1. The lowest BCUT2D eigenvalue weighted by Gasteiger charge is -2.28. The number of nitrogens with zero attached hydrogens (tertiary/aromatic N) is 2. The summed E-state index contributed by atoms with van der Waals surface area (Å²) in [5, 5.41) is 11.9. The van der Waals surface area contributed by atoms with Gasteiger partial charge in [-0.15, -0.1) is 0 Å². The maximum atomic E-state index is 12.2. The second kappa shape index (κ2) is 5.53. The van der Waals surface area contributed by atoms with Gasteiger partial charge in [0.15, 0.2) is 11.5 Å². The van der Waals surface area contributed by atoms with Crippen molar-refractivity contribution in [1.29, 1.82) is 5.26 Å². The molecule has 0 fully saturated rings. The van der Waals surface area contributed by atoms with Gasteiger partial charge in [0.25, 0.3) is 5.91 Å². The molecule has 1 amide bonds. The van der Waals surface area contributed by atoms with E-state index >= 15 is 0 Å². The molecule has 1 unspecified atom stereocenters. The molecule has 1 aliphatic heterocycles. The molecule has 0 aliphatic carbocycles. The summed E-state index contributed by atoms with van der Waals surface area (Å²) in [7, 11) is 4.70. The summed E-state index contributed by atoms with van der Waals surface area (Å²) in [5.74, 6) is 0.982. The normalized spacial score (nSPS) is 17.9. The van der Waals surface area contributed by atoms with Crippen LogP contribution in [0, 0.1) is 11.3 Å². The highest BCUT2D eigenvalue weighted by Gasteiger charge is 2.28. The molecular formula is C14H15N3O3. The minimum atomic E-state index is -0.612. The van der Waals surface area contributed by atoms with Crippen molar-refractivity contribution in [2.24, 2.45) is 0 Å². The van der Waals surface area contributed by atoms with Crippen molar-refractivity contribution in [1.82, 2.24) is 10.2 Å². The van der Waals surface area contributed by atoms with Gasteiger partial charge in [-0.3, -0.25) is 4.79 Å². The van der Waals surface area contributed by atoms with E-state index in [0.717, 1.165) is 0 Å². The summed E-state index contributed by atoms with van der Waals surface area (Å²) >= 11 is 0. The molecule has 0 spiro atoms. The number of methoxy groups -OCH3 is 2. The molecule has 6 heteroatoms. The third kappa shape index (κ3) is 2.38. The largest absolute Gasteiger partial charge is 0.493 e. The molecule has 6 nitrogen and oxygen atoms in total. The first-order valence-corrected chi connectivity index (χ1v) is 5.97. The predicted molar refractivity (Wildman–Crippen MR) is 71.9 cm³/mol. The average Bonchev–Trinajstić information content (AvgIpc) is 2.49. The number of benzene rings is 1. The molecule has 1 N–H and O–H groups in total. The van der Waals surface area contributed by atoms with E-state index in [1.807, 2.05) is 6.07 Å². The van der Waals surface area contributed by atoms with Gasteiger partial charge in [-0.25, -0.2) is 0 Å². The zero-order chi connectivity index (χ0) is 14.7. The van der Waals surface area contributed by atoms with Crippen LogP contribution in [0.1, 0.15) is 11.6 Å². The number of hydrogen-bond acceptors (Lipinski definition) is 5. The van der Waals surface area contributed by atoms with Gasteiger partial charge in [0.05, 0.1) is 14.2 Å².